The molecule has 0 aliphatic heterocycles. The lowest BCUT2D eigenvalue weighted by Crippen LogP contribution is -2.44. The molecule has 21 heavy (non-hydrogen) atoms. The third-order valence-electron chi connectivity index (χ3n) is 2.63. The fraction of sp³-hybridized carbons (Fsp3) is 0.429. The average molecular weight is 300 g/mol. The second kappa shape index (κ2) is 8.18. The van der Waals surface area contributed by atoms with Crippen molar-refractivity contribution in [1.29, 1.82) is 0 Å². The van der Waals surface area contributed by atoms with E-state index in [4.69, 9.17) is 0 Å². The predicted octanol–water partition coefficient (Wildman–Crippen LogP) is 1.93. The lowest BCUT2D eigenvalue weighted by molar-refractivity contribution is -0.122. The Bertz CT molecular complexity index is 478. The molecule has 0 spiro atoms. The first-order chi connectivity index (χ1) is 9.93. The number of halogens is 2. The Morgan fingerprint density at radius 2 is 1.86 bits per heavy atom. The van der Waals surface area contributed by atoms with Gasteiger partial charge in [0.25, 0.3) is 5.91 Å². The van der Waals surface area contributed by atoms with Crippen LogP contribution >= 0.6 is 0 Å². The molecule has 0 radical (unpaired) electrons. The van der Waals surface area contributed by atoms with Gasteiger partial charge in [0.2, 0.25) is 5.91 Å². The van der Waals surface area contributed by atoms with E-state index >= 15 is 0 Å². The van der Waals surface area contributed by atoms with Crippen molar-refractivity contribution >= 4 is 11.8 Å². The van der Waals surface area contributed by atoms with Crippen LogP contribution in [0.15, 0.2) is 24.3 Å². The Morgan fingerprint density at radius 1 is 1.24 bits per heavy atom. The third kappa shape index (κ3) is 5.76. The fourth-order valence-corrected chi connectivity index (χ4v) is 1.53. The zero-order chi connectivity index (χ0) is 15.8. The fourth-order valence-electron chi connectivity index (χ4n) is 1.53. The Kier molecular flexibility index (Phi) is 6.58. The largest absolute Gasteiger partial charge is 0.435 e. The summed E-state index contributed by atoms with van der Waals surface area (Å²) in [6, 6.07) is 4.56. The zero-order valence-corrected chi connectivity index (χ0v) is 11.9. The number of benzene rings is 1. The highest BCUT2D eigenvalue weighted by atomic mass is 19.3. The summed E-state index contributed by atoms with van der Waals surface area (Å²) in [5.41, 5.74) is 0.256. The summed E-state index contributed by atoms with van der Waals surface area (Å²) < 4.78 is 28.2. The minimum Gasteiger partial charge on any atom is -0.435 e. The maximum Gasteiger partial charge on any atom is 0.387 e. The van der Waals surface area contributed by atoms with Gasteiger partial charge >= 0.3 is 6.61 Å². The average Bonchev–Trinajstić information content (AvgIpc) is 2.44. The van der Waals surface area contributed by atoms with Gasteiger partial charge in [-0.2, -0.15) is 8.78 Å². The van der Waals surface area contributed by atoms with Crippen LogP contribution in [0.3, 0.4) is 0 Å². The van der Waals surface area contributed by atoms with Crippen LogP contribution in [0.25, 0.3) is 0 Å². The molecule has 0 aliphatic rings. The van der Waals surface area contributed by atoms with E-state index in [2.05, 4.69) is 15.4 Å². The summed E-state index contributed by atoms with van der Waals surface area (Å²) in [4.78, 5) is 23.5. The first kappa shape index (κ1) is 16.9. The Hall–Kier alpha value is -2.18. The topological polar surface area (TPSA) is 67.4 Å². The molecular weight excluding hydrogens is 282 g/mol. The van der Waals surface area contributed by atoms with Crippen molar-refractivity contribution in [2.75, 3.05) is 6.54 Å². The highest BCUT2D eigenvalue weighted by Crippen LogP contribution is 2.14. The maximum absolute atomic E-state index is 12.0. The van der Waals surface area contributed by atoms with E-state index in [1.807, 2.05) is 6.92 Å². The highest BCUT2D eigenvalue weighted by Gasteiger charge is 2.16. The van der Waals surface area contributed by atoms with Gasteiger partial charge in [-0.25, -0.2) is 0 Å². The van der Waals surface area contributed by atoms with Gasteiger partial charge in [0, 0.05) is 12.1 Å². The molecule has 2 amide bonds. The molecular formula is C14H18F2N2O3. The van der Waals surface area contributed by atoms with Crippen LogP contribution in [0.2, 0.25) is 0 Å². The van der Waals surface area contributed by atoms with Gasteiger partial charge in [0.15, 0.2) is 0 Å². The highest BCUT2D eigenvalue weighted by molar-refractivity contribution is 5.97. The number of hydrogen-bond donors (Lipinski definition) is 2. The molecule has 2 N–H and O–H groups in total. The lowest BCUT2D eigenvalue weighted by atomic mass is 10.2. The summed E-state index contributed by atoms with van der Waals surface area (Å²) in [6.07, 6.45) is 0.804. The quantitative estimate of drug-likeness (QED) is 0.808. The second-order valence-electron chi connectivity index (χ2n) is 4.39. The van der Waals surface area contributed by atoms with Crippen molar-refractivity contribution in [3.05, 3.63) is 29.8 Å². The lowest BCUT2D eigenvalue weighted by Gasteiger charge is -2.14. The molecule has 0 aliphatic carbocycles. The minimum absolute atomic E-state index is 0.0321. The summed E-state index contributed by atoms with van der Waals surface area (Å²) in [5, 5.41) is 5.19. The van der Waals surface area contributed by atoms with Crippen molar-refractivity contribution in [3.8, 4) is 5.75 Å². The second-order valence-corrected chi connectivity index (χ2v) is 4.39. The molecule has 0 saturated carbocycles. The normalized spacial score (nSPS) is 11.9. The van der Waals surface area contributed by atoms with Crippen LogP contribution in [0.1, 0.15) is 30.6 Å². The molecule has 0 aromatic heterocycles. The van der Waals surface area contributed by atoms with Crippen LogP contribution in [0.5, 0.6) is 5.75 Å². The molecule has 0 saturated heterocycles. The monoisotopic (exact) mass is 300 g/mol. The van der Waals surface area contributed by atoms with Gasteiger partial charge < -0.3 is 15.4 Å². The number of rotatable bonds is 7. The molecule has 116 valence electrons. The van der Waals surface area contributed by atoms with Gasteiger partial charge in [0.05, 0.1) is 0 Å². The third-order valence-corrected chi connectivity index (χ3v) is 2.63. The Labute approximate surface area is 121 Å². The van der Waals surface area contributed by atoms with Crippen molar-refractivity contribution in [3.63, 3.8) is 0 Å². The standard InChI is InChI=1S/C14H18F2N2O3/c1-3-8-17-12(19)9(2)18-13(20)10-4-6-11(7-5-10)21-14(15)16/h4-7,9,14H,3,8H2,1-2H3,(H,17,19)(H,18,20)/t9-/m0/s1. The number of alkyl halides is 2. The molecule has 5 nitrogen and oxygen atoms in total. The molecule has 1 aromatic carbocycles. The van der Waals surface area contributed by atoms with E-state index in [1.54, 1.807) is 6.92 Å². The number of hydrogen-bond acceptors (Lipinski definition) is 3. The van der Waals surface area contributed by atoms with Gasteiger partial charge in [-0.3, -0.25) is 9.59 Å². The number of carbonyl (C=O) groups is 2. The van der Waals surface area contributed by atoms with E-state index in [0.717, 1.165) is 6.42 Å². The minimum atomic E-state index is -2.91. The Balaban J connectivity index is 2.57. The van der Waals surface area contributed by atoms with E-state index in [1.165, 1.54) is 24.3 Å². The molecule has 7 heteroatoms. The first-order valence-electron chi connectivity index (χ1n) is 6.57. The smallest absolute Gasteiger partial charge is 0.387 e. The van der Waals surface area contributed by atoms with Crippen molar-refractivity contribution in [2.45, 2.75) is 32.9 Å². The molecule has 0 fully saturated rings. The Morgan fingerprint density at radius 3 is 2.38 bits per heavy atom. The van der Waals surface area contributed by atoms with E-state index in [-0.39, 0.29) is 17.2 Å². The summed E-state index contributed by atoms with van der Waals surface area (Å²) in [5.74, 6) is -0.768. The SMILES string of the molecule is CCCNC(=O)[C@H](C)NC(=O)c1ccc(OC(F)F)cc1. The van der Waals surface area contributed by atoms with Crippen molar-refractivity contribution < 1.29 is 23.1 Å². The van der Waals surface area contributed by atoms with Crippen molar-refractivity contribution in [2.24, 2.45) is 0 Å². The molecule has 0 bridgehead atoms. The number of amides is 2. The molecule has 1 rings (SSSR count). The van der Waals surface area contributed by atoms with Gasteiger partial charge in [-0.15, -0.1) is 0 Å². The van der Waals surface area contributed by atoms with E-state index in [0.29, 0.717) is 6.54 Å². The number of nitrogens with one attached hydrogen (secondary N) is 2. The van der Waals surface area contributed by atoms with E-state index < -0.39 is 18.6 Å². The van der Waals surface area contributed by atoms with Crippen LogP contribution in [0.4, 0.5) is 8.78 Å². The first-order valence-corrected chi connectivity index (χ1v) is 6.57. The van der Waals surface area contributed by atoms with Crippen LogP contribution < -0.4 is 15.4 Å². The van der Waals surface area contributed by atoms with Crippen LogP contribution in [-0.4, -0.2) is 31.0 Å². The van der Waals surface area contributed by atoms with Crippen molar-refractivity contribution in [1.82, 2.24) is 10.6 Å². The summed E-state index contributed by atoms with van der Waals surface area (Å²) >= 11 is 0. The number of carbonyl (C=O) groups excluding carboxylic acids is 2. The van der Waals surface area contributed by atoms with Crippen LogP contribution in [-0.2, 0) is 4.79 Å². The summed E-state index contributed by atoms with van der Waals surface area (Å²) in [7, 11) is 0. The summed E-state index contributed by atoms with van der Waals surface area (Å²) in [6.45, 7) is 1.12. The molecule has 1 atom stereocenters. The molecule has 0 heterocycles. The van der Waals surface area contributed by atoms with Gasteiger partial charge in [-0.05, 0) is 37.6 Å². The van der Waals surface area contributed by atoms with Gasteiger partial charge in [0.1, 0.15) is 11.8 Å². The molecule has 1 aromatic rings. The van der Waals surface area contributed by atoms with Gasteiger partial charge in [-0.1, -0.05) is 6.92 Å². The molecule has 0 unspecified atom stereocenters. The maximum atomic E-state index is 12.0. The predicted molar refractivity (Wildman–Crippen MR) is 73.3 cm³/mol. The van der Waals surface area contributed by atoms with E-state index in [9.17, 15) is 18.4 Å². The zero-order valence-electron chi connectivity index (χ0n) is 11.9. The number of ether oxygens (including phenoxy) is 1. The van der Waals surface area contributed by atoms with Crippen LogP contribution in [0, 0.1) is 0 Å².